The van der Waals surface area contributed by atoms with E-state index in [1.54, 1.807) is 12.4 Å². The predicted octanol–water partition coefficient (Wildman–Crippen LogP) is 0.713. The third-order valence-electron chi connectivity index (χ3n) is 2.56. The van der Waals surface area contributed by atoms with Gasteiger partial charge >= 0.3 is 0 Å². The molecule has 1 aromatic rings. The molecule has 0 aliphatic heterocycles. The van der Waals surface area contributed by atoms with Crippen LogP contribution < -0.4 is 10.6 Å². The van der Waals surface area contributed by atoms with Gasteiger partial charge in [0.25, 0.3) is 0 Å². The molecule has 96 valence electrons. The van der Waals surface area contributed by atoms with Gasteiger partial charge in [0.05, 0.1) is 5.69 Å². The van der Waals surface area contributed by atoms with Gasteiger partial charge in [0.1, 0.15) is 0 Å². The average Bonchev–Trinajstić information content (AvgIpc) is 2.34. The van der Waals surface area contributed by atoms with Crippen molar-refractivity contribution in [2.75, 3.05) is 38.6 Å². The molecule has 0 aliphatic rings. The molecule has 2 N–H and O–H groups in total. The first-order chi connectivity index (χ1) is 8.19. The molecular formula is C12H23N5. The van der Waals surface area contributed by atoms with E-state index in [9.17, 15) is 0 Å². The van der Waals surface area contributed by atoms with E-state index in [0.29, 0.717) is 6.54 Å². The van der Waals surface area contributed by atoms with Crippen molar-refractivity contribution in [3.05, 3.63) is 18.1 Å². The summed E-state index contributed by atoms with van der Waals surface area (Å²) in [6, 6.07) is 0. The molecule has 0 radical (unpaired) electrons. The molecule has 1 rings (SSSR count). The standard InChI is InChI=1S/C12H23N5/c1-4-7-17(9-8-16(2)3)12-11(10-13)14-5-6-15-12/h5-6H,4,7-10,13H2,1-3H3. The maximum absolute atomic E-state index is 5.70. The molecule has 0 aromatic carbocycles. The summed E-state index contributed by atoms with van der Waals surface area (Å²) in [5.41, 5.74) is 6.58. The predicted molar refractivity (Wildman–Crippen MR) is 71.0 cm³/mol. The normalized spacial score (nSPS) is 10.9. The van der Waals surface area contributed by atoms with E-state index in [1.165, 1.54) is 0 Å². The Morgan fingerprint density at radius 1 is 1.12 bits per heavy atom. The SMILES string of the molecule is CCCN(CCN(C)C)c1nccnc1CN. The lowest BCUT2D eigenvalue weighted by atomic mass is 10.3. The first-order valence-corrected chi connectivity index (χ1v) is 6.08. The second-order valence-electron chi connectivity index (χ2n) is 4.32. The highest BCUT2D eigenvalue weighted by Crippen LogP contribution is 2.14. The van der Waals surface area contributed by atoms with Gasteiger partial charge in [-0.15, -0.1) is 0 Å². The maximum Gasteiger partial charge on any atom is 0.151 e. The highest BCUT2D eigenvalue weighted by Gasteiger charge is 2.12. The number of nitrogens with zero attached hydrogens (tertiary/aromatic N) is 4. The molecule has 0 atom stereocenters. The zero-order valence-corrected chi connectivity index (χ0v) is 11.1. The van der Waals surface area contributed by atoms with Gasteiger partial charge in [0, 0.05) is 38.6 Å². The van der Waals surface area contributed by atoms with Crippen LogP contribution in [0.3, 0.4) is 0 Å². The van der Waals surface area contributed by atoms with E-state index >= 15 is 0 Å². The number of rotatable bonds is 7. The van der Waals surface area contributed by atoms with Crippen LogP contribution in [0, 0.1) is 0 Å². The monoisotopic (exact) mass is 237 g/mol. The highest BCUT2D eigenvalue weighted by atomic mass is 15.2. The number of likely N-dealkylation sites (N-methyl/N-ethyl adjacent to an activating group) is 1. The third-order valence-corrected chi connectivity index (χ3v) is 2.56. The largest absolute Gasteiger partial charge is 0.354 e. The van der Waals surface area contributed by atoms with Crippen molar-refractivity contribution in [1.29, 1.82) is 0 Å². The molecular weight excluding hydrogens is 214 g/mol. The summed E-state index contributed by atoms with van der Waals surface area (Å²) < 4.78 is 0. The van der Waals surface area contributed by atoms with Crippen molar-refractivity contribution in [2.24, 2.45) is 5.73 Å². The Bertz CT molecular complexity index is 326. The van der Waals surface area contributed by atoms with Gasteiger partial charge in [0.2, 0.25) is 0 Å². The fourth-order valence-corrected chi connectivity index (χ4v) is 1.68. The molecule has 0 spiro atoms. The number of nitrogens with two attached hydrogens (primary N) is 1. The van der Waals surface area contributed by atoms with Crippen molar-refractivity contribution >= 4 is 5.82 Å². The van der Waals surface area contributed by atoms with Crippen molar-refractivity contribution in [3.8, 4) is 0 Å². The van der Waals surface area contributed by atoms with Gasteiger partial charge in [-0.05, 0) is 20.5 Å². The summed E-state index contributed by atoms with van der Waals surface area (Å²) in [5, 5.41) is 0. The van der Waals surface area contributed by atoms with Crippen LogP contribution in [0.25, 0.3) is 0 Å². The van der Waals surface area contributed by atoms with Crippen molar-refractivity contribution in [1.82, 2.24) is 14.9 Å². The summed E-state index contributed by atoms with van der Waals surface area (Å²) in [5.74, 6) is 0.929. The Morgan fingerprint density at radius 2 is 1.82 bits per heavy atom. The van der Waals surface area contributed by atoms with Gasteiger partial charge in [-0.3, -0.25) is 4.98 Å². The van der Waals surface area contributed by atoms with Crippen molar-refractivity contribution in [3.63, 3.8) is 0 Å². The van der Waals surface area contributed by atoms with Crippen molar-refractivity contribution < 1.29 is 0 Å². The second kappa shape index (κ2) is 7.19. The molecule has 0 amide bonds. The van der Waals surface area contributed by atoms with Crippen LogP contribution in [-0.2, 0) is 6.54 Å². The highest BCUT2D eigenvalue weighted by molar-refractivity contribution is 5.42. The number of aromatic nitrogens is 2. The smallest absolute Gasteiger partial charge is 0.151 e. The van der Waals surface area contributed by atoms with Gasteiger partial charge in [0.15, 0.2) is 5.82 Å². The molecule has 5 heteroatoms. The topological polar surface area (TPSA) is 58.3 Å². The zero-order chi connectivity index (χ0) is 12.7. The lowest BCUT2D eigenvalue weighted by Crippen LogP contribution is -2.34. The first-order valence-electron chi connectivity index (χ1n) is 6.08. The van der Waals surface area contributed by atoms with Crippen LogP contribution in [0.15, 0.2) is 12.4 Å². The van der Waals surface area contributed by atoms with Crippen LogP contribution in [0.2, 0.25) is 0 Å². The van der Waals surface area contributed by atoms with E-state index < -0.39 is 0 Å². The van der Waals surface area contributed by atoms with E-state index in [4.69, 9.17) is 5.73 Å². The molecule has 0 saturated carbocycles. The minimum absolute atomic E-state index is 0.436. The van der Waals surface area contributed by atoms with Crippen LogP contribution in [0.5, 0.6) is 0 Å². The van der Waals surface area contributed by atoms with Gasteiger partial charge in [-0.1, -0.05) is 6.92 Å². The Kier molecular flexibility index (Phi) is 5.86. The molecule has 1 heterocycles. The molecule has 0 bridgehead atoms. The Labute approximate surface area is 104 Å². The Morgan fingerprint density at radius 3 is 2.41 bits per heavy atom. The average molecular weight is 237 g/mol. The number of hydrogen-bond donors (Lipinski definition) is 1. The minimum Gasteiger partial charge on any atom is -0.354 e. The van der Waals surface area contributed by atoms with Gasteiger partial charge in [-0.2, -0.15) is 0 Å². The summed E-state index contributed by atoms with van der Waals surface area (Å²) >= 11 is 0. The molecule has 0 unspecified atom stereocenters. The molecule has 0 saturated heterocycles. The third kappa shape index (κ3) is 4.28. The molecule has 0 fully saturated rings. The van der Waals surface area contributed by atoms with Crippen molar-refractivity contribution in [2.45, 2.75) is 19.9 Å². The fraction of sp³-hybridized carbons (Fsp3) is 0.667. The fourth-order valence-electron chi connectivity index (χ4n) is 1.68. The summed E-state index contributed by atoms with van der Waals surface area (Å²) in [7, 11) is 4.15. The van der Waals surface area contributed by atoms with Gasteiger partial charge in [-0.25, -0.2) is 4.98 Å². The molecule has 0 aliphatic carbocycles. The second-order valence-corrected chi connectivity index (χ2v) is 4.32. The zero-order valence-electron chi connectivity index (χ0n) is 11.1. The van der Waals surface area contributed by atoms with E-state index in [0.717, 1.165) is 37.6 Å². The number of hydrogen-bond acceptors (Lipinski definition) is 5. The van der Waals surface area contributed by atoms with Crippen LogP contribution in [-0.4, -0.2) is 48.6 Å². The van der Waals surface area contributed by atoms with Crippen LogP contribution in [0.1, 0.15) is 19.0 Å². The lowest BCUT2D eigenvalue weighted by Gasteiger charge is -2.26. The van der Waals surface area contributed by atoms with E-state index in [2.05, 4.69) is 40.8 Å². The Hall–Kier alpha value is -1.20. The van der Waals surface area contributed by atoms with Crippen LogP contribution >= 0.6 is 0 Å². The summed E-state index contributed by atoms with van der Waals surface area (Å²) in [4.78, 5) is 13.1. The Balaban J connectivity index is 2.80. The number of anilines is 1. The molecule has 5 nitrogen and oxygen atoms in total. The summed E-state index contributed by atoms with van der Waals surface area (Å²) in [6.45, 7) is 5.54. The minimum atomic E-state index is 0.436. The van der Waals surface area contributed by atoms with Crippen LogP contribution in [0.4, 0.5) is 5.82 Å². The lowest BCUT2D eigenvalue weighted by molar-refractivity contribution is 0.412. The first kappa shape index (κ1) is 13.9. The molecule has 17 heavy (non-hydrogen) atoms. The summed E-state index contributed by atoms with van der Waals surface area (Å²) in [6.07, 6.45) is 4.52. The van der Waals surface area contributed by atoms with Gasteiger partial charge < -0.3 is 15.5 Å². The maximum atomic E-state index is 5.70. The van der Waals surface area contributed by atoms with E-state index in [-0.39, 0.29) is 0 Å². The molecule has 1 aromatic heterocycles. The quantitative estimate of drug-likeness (QED) is 0.757. The van der Waals surface area contributed by atoms with E-state index in [1.807, 2.05) is 0 Å².